The predicted octanol–water partition coefficient (Wildman–Crippen LogP) is 1.31. The molecule has 1 saturated heterocycles. The number of halogens is 1. The first-order valence-electron chi connectivity index (χ1n) is 7.87. The van der Waals surface area contributed by atoms with Crippen LogP contribution < -0.4 is 0 Å². The highest BCUT2D eigenvalue weighted by Gasteiger charge is 2.33. The monoisotopic (exact) mass is 366 g/mol. The van der Waals surface area contributed by atoms with E-state index in [1.54, 1.807) is 18.7 Å². The van der Waals surface area contributed by atoms with Gasteiger partial charge in [0.05, 0.1) is 11.4 Å². The summed E-state index contributed by atoms with van der Waals surface area (Å²) >= 11 is 0. The quantitative estimate of drug-likeness (QED) is 0.887. The summed E-state index contributed by atoms with van der Waals surface area (Å²) in [5.41, 5.74) is 1.32. The van der Waals surface area contributed by atoms with Crippen LogP contribution in [0.1, 0.15) is 21.7 Å². The normalized spacial score (nSPS) is 16.2. The minimum atomic E-state index is -3.65. The lowest BCUT2D eigenvalue weighted by Crippen LogP contribution is -2.50. The molecule has 0 aliphatic carbocycles. The molecule has 0 atom stereocenters. The van der Waals surface area contributed by atoms with Crippen molar-refractivity contribution < 1.29 is 17.6 Å². The second-order valence-electron chi connectivity index (χ2n) is 5.97. The molecule has 0 bridgehead atoms. The fraction of sp³-hybridized carbons (Fsp3) is 0.375. The minimum Gasteiger partial charge on any atom is -0.336 e. The van der Waals surface area contributed by atoms with E-state index in [4.69, 9.17) is 0 Å². The number of carbonyl (C=O) groups excluding carboxylic acids is 1. The Morgan fingerprint density at radius 2 is 1.72 bits per heavy atom. The summed E-state index contributed by atoms with van der Waals surface area (Å²) in [4.78, 5) is 14.2. The molecular formula is C16H19FN4O3S. The van der Waals surface area contributed by atoms with Gasteiger partial charge in [-0.1, -0.05) is 0 Å². The Morgan fingerprint density at radius 3 is 2.24 bits per heavy atom. The summed E-state index contributed by atoms with van der Waals surface area (Å²) < 4.78 is 39.9. The maximum Gasteiger partial charge on any atom is 0.253 e. The molecule has 7 nitrogen and oxygen atoms in total. The van der Waals surface area contributed by atoms with Crippen molar-refractivity contribution in [2.24, 2.45) is 0 Å². The SMILES string of the molecule is Cc1n[nH]c(C)c1S(=O)(=O)N1CCN(C(=O)c2ccc(F)cc2)CC1. The Hall–Kier alpha value is -2.26. The van der Waals surface area contributed by atoms with E-state index in [0.717, 1.165) is 0 Å². The fourth-order valence-corrected chi connectivity index (χ4v) is 4.71. The Labute approximate surface area is 145 Å². The number of nitrogens with one attached hydrogen (secondary N) is 1. The van der Waals surface area contributed by atoms with Crippen molar-refractivity contribution in [1.82, 2.24) is 19.4 Å². The van der Waals surface area contributed by atoms with E-state index in [1.165, 1.54) is 28.6 Å². The third-order valence-electron chi connectivity index (χ3n) is 4.28. The summed E-state index contributed by atoms with van der Waals surface area (Å²) in [6, 6.07) is 5.33. The molecule has 1 N–H and O–H groups in total. The van der Waals surface area contributed by atoms with Crippen LogP contribution in [0.2, 0.25) is 0 Å². The largest absolute Gasteiger partial charge is 0.336 e. The van der Waals surface area contributed by atoms with Crippen LogP contribution in [0.4, 0.5) is 4.39 Å². The van der Waals surface area contributed by atoms with Gasteiger partial charge >= 0.3 is 0 Å². The van der Waals surface area contributed by atoms with Gasteiger partial charge in [0.15, 0.2) is 0 Å². The van der Waals surface area contributed by atoms with Crippen LogP contribution in [0.3, 0.4) is 0 Å². The molecule has 1 fully saturated rings. The molecule has 1 aliphatic rings. The number of aromatic amines is 1. The lowest BCUT2D eigenvalue weighted by atomic mass is 10.2. The number of rotatable bonds is 3. The third kappa shape index (κ3) is 3.29. The molecule has 1 aromatic heterocycles. The van der Waals surface area contributed by atoms with Gasteiger partial charge in [0, 0.05) is 31.7 Å². The van der Waals surface area contributed by atoms with Crippen LogP contribution in [0.15, 0.2) is 29.2 Å². The maximum atomic E-state index is 13.0. The molecule has 1 aromatic carbocycles. The average Bonchev–Trinajstić information content (AvgIpc) is 2.94. The van der Waals surface area contributed by atoms with Crippen molar-refractivity contribution in [2.45, 2.75) is 18.7 Å². The standard InChI is InChI=1S/C16H19FN4O3S/c1-11-15(12(2)19-18-11)25(23,24)21-9-7-20(8-10-21)16(22)13-3-5-14(17)6-4-13/h3-6H,7-10H2,1-2H3,(H,18,19). The number of hydrogen-bond donors (Lipinski definition) is 1. The molecule has 2 aromatic rings. The van der Waals surface area contributed by atoms with E-state index in [2.05, 4.69) is 10.2 Å². The van der Waals surface area contributed by atoms with E-state index < -0.39 is 15.8 Å². The van der Waals surface area contributed by atoms with Crippen LogP contribution in [-0.4, -0.2) is 59.9 Å². The fourth-order valence-electron chi connectivity index (χ4n) is 2.96. The van der Waals surface area contributed by atoms with Crippen molar-refractivity contribution in [1.29, 1.82) is 0 Å². The molecule has 25 heavy (non-hydrogen) atoms. The molecule has 0 radical (unpaired) electrons. The highest BCUT2D eigenvalue weighted by Crippen LogP contribution is 2.23. The number of hydrogen-bond acceptors (Lipinski definition) is 4. The lowest BCUT2D eigenvalue weighted by Gasteiger charge is -2.34. The molecule has 134 valence electrons. The van der Waals surface area contributed by atoms with Gasteiger partial charge in [-0.05, 0) is 38.1 Å². The number of H-pyrrole nitrogens is 1. The van der Waals surface area contributed by atoms with Crippen LogP contribution in [0.25, 0.3) is 0 Å². The number of sulfonamides is 1. The zero-order chi connectivity index (χ0) is 18.2. The topological polar surface area (TPSA) is 86.4 Å². The molecule has 0 unspecified atom stereocenters. The van der Waals surface area contributed by atoms with Crippen molar-refractivity contribution in [3.05, 3.63) is 47.0 Å². The summed E-state index contributed by atoms with van der Waals surface area (Å²) in [5, 5.41) is 6.63. The number of piperazine rings is 1. The lowest BCUT2D eigenvalue weighted by molar-refractivity contribution is 0.0698. The summed E-state index contributed by atoms with van der Waals surface area (Å²) in [5.74, 6) is -0.633. The van der Waals surface area contributed by atoms with Crippen LogP contribution in [-0.2, 0) is 10.0 Å². The van der Waals surface area contributed by atoms with E-state index in [1.807, 2.05) is 0 Å². The molecular weight excluding hydrogens is 347 g/mol. The highest BCUT2D eigenvalue weighted by molar-refractivity contribution is 7.89. The van der Waals surface area contributed by atoms with Gasteiger partial charge in [0.1, 0.15) is 10.7 Å². The zero-order valence-corrected chi connectivity index (χ0v) is 14.8. The molecule has 1 amide bonds. The molecule has 9 heteroatoms. The summed E-state index contributed by atoms with van der Waals surface area (Å²) in [7, 11) is -3.65. The van der Waals surface area contributed by atoms with Crippen molar-refractivity contribution in [3.63, 3.8) is 0 Å². The van der Waals surface area contributed by atoms with E-state index in [0.29, 0.717) is 17.0 Å². The Morgan fingerprint density at radius 1 is 1.12 bits per heavy atom. The number of aryl methyl sites for hydroxylation is 2. The van der Waals surface area contributed by atoms with Crippen LogP contribution in [0, 0.1) is 19.7 Å². The van der Waals surface area contributed by atoms with Crippen molar-refractivity contribution >= 4 is 15.9 Å². The van der Waals surface area contributed by atoms with Crippen molar-refractivity contribution in [3.8, 4) is 0 Å². The second kappa shape index (κ2) is 6.57. The van der Waals surface area contributed by atoms with E-state index >= 15 is 0 Å². The smallest absolute Gasteiger partial charge is 0.253 e. The first kappa shape index (κ1) is 17.6. The number of aromatic nitrogens is 2. The first-order chi connectivity index (χ1) is 11.8. The van der Waals surface area contributed by atoms with Gasteiger partial charge in [-0.25, -0.2) is 12.8 Å². The van der Waals surface area contributed by atoms with E-state index in [9.17, 15) is 17.6 Å². The van der Waals surface area contributed by atoms with E-state index in [-0.39, 0.29) is 37.0 Å². The molecule has 2 heterocycles. The number of benzene rings is 1. The molecule has 0 spiro atoms. The molecule has 0 saturated carbocycles. The second-order valence-corrected chi connectivity index (χ2v) is 7.84. The van der Waals surface area contributed by atoms with Gasteiger partial charge in [-0.3, -0.25) is 9.89 Å². The Balaban J connectivity index is 1.71. The Kier molecular flexibility index (Phi) is 4.61. The number of amides is 1. The van der Waals surface area contributed by atoms with Crippen LogP contribution >= 0.6 is 0 Å². The van der Waals surface area contributed by atoms with Gasteiger partial charge in [0.25, 0.3) is 5.91 Å². The third-order valence-corrected chi connectivity index (χ3v) is 6.44. The van der Waals surface area contributed by atoms with Crippen molar-refractivity contribution in [2.75, 3.05) is 26.2 Å². The highest BCUT2D eigenvalue weighted by atomic mass is 32.2. The predicted molar refractivity (Wildman–Crippen MR) is 89.1 cm³/mol. The zero-order valence-electron chi connectivity index (χ0n) is 14.0. The first-order valence-corrected chi connectivity index (χ1v) is 9.31. The summed E-state index contributed by atoms with van der Waals surface area (Å²) in [6.07, 6.45) is 0. The Bertz CT molecular complexity index is 865. The minimum absolute atomic E-state index is 0.200. The number of nitrogens with zero attached hydrogens (tertiary/aromatic N) is 3. The van der Waals surface area contributed by atoms with Gasteiger partial charge in [0.2, 0.25) is 10.0 Å². The van der Waals surface area contributed by atoms with Crippen LogP contribution in [0.5, 0.6) is 0 Å². The average molecular weight is 366 g/mol. The van der Waals surface area contributed by atoms with Gasteiger partial charge < -0.3 is 4.90 Å². The van der Waals surface area contributed by atoms with Gasteiger partial charge in [-0.2, -0.15) is 9.40 Å². The number of carbonyl (C=O) groups is 1. The van der Waals surface area contributed by atoms with Gasteiger partial charge in [-0.15, -0.1) is 0 Å². The summed E-state index contributed by atoms with van der Waals surface area (Å²) in [6.45, 7) is 4.29. The molecule has 1 aliphatic heterocycles. The maximum absolute atomic E-state index is 13.0. The molecule has 3 rings (SSSR count).